The van der Waals surface area contributed by atoms with Crippen LogP contribution >= 0.6 is 23.1 Å². The zero-order valence-electron chi connectivity index (χ0n) is 14.2. The van der Waals surface area contributed by atoms with Crippen LogP contribution in [-0.4, -0.2) is 29.7 Å². The fourth-order valence-corrected chi connectivity index (χ4v) is 4.22. The van der Waals surface area contributed by atoms with Crippen molar-refractivity contribution in [3.05, 3.63) is 64.7 Å². The summed E-state index contributed by atoms with van der Waals surface area (Å²) in [5, 5.41) is 3.91. The highest BCUT2D eigenvalue weighted by Gasteiger charge is 2.07. The van der Waals surface area contributed by atoms with Gasteiger partial charge < -0.3 is 10.1 Å². The van der Waals surface area contributed by atoms with Crippen LogP contribution in [0.3, 0.4) is 0 Å². The second-order valence-electron chi connectivity index (χ2n) is 5.53. The molecule has 0 spiro atoms. The van der Waals surface area contributed by atoms with Crippen LogP contribution in [0.1, 0.15) is 20.9 Å². The van der Waals surface area contributed by atoms with E-state index < -0.39 is 0 Å². The molecule has 3 aromatic rings. The predicted molar refractivity (Wildman–Crippen MR) is 105 cm³/mol. The van der Waals surface area contributed by atoms with Gasteiger partial charge in [-0.1, -0.05) is 24.3 Å². The number of thioether (sulfide) groups is 1. The number of nitrogens with zero attached hydrogens (tertiary/aromatic N) is 1. The summed E-state index contributed by atoms with van der Waals surface area (Å²) in [6, 6.07) is 15.0. The van der Waals surface area contributed by atoms with E-state index in [9.17, 15) is 9.59 Å². The zero-order valence-corrected chi connectivity index (χ0v) is 15.9. The van der Waals surface area contributed by atoms with E-state index in [4.69, 9.17) is 0 Å². The van der Waals surface area contributed by atoms with E-state index in [0.29, 0.717) is 17.9 Å². The molecule has 134 valence electrons. The van der Waals surface area contributed by atoms with E-state index >= 15 is 0 Å². The number of carbonyl (C=O) groups excluding carboxylic acids is 2. The molecule has 26 heavy (non-hydrogen) atoms. The van der Waals surface area contributed by atoms with Gasteiger partial charge in [-0.05, 0) is 29.8 Å². The minimum Gasteiger partial charge on any atom is -0.465 e. The lowest BCUT2D eigenvalue weighted by Crippen LogP contribution is -2.24. The average molecular weight is 386 g/mol. The lowest BCUT2D eigenvalue weighted by molar-refractivity contribution is -0.118. The first-order chi connectivity index (χ1) is 12.7. The van der Waals surface area contributed by atoms with Crippen molar-refractivity contribution in [2.45, 2.75) is 12.3 Å². The normalized spacial score (nSPS) is 10.7. The Balaban J connectivity index is 1.42. The Hall–Kier alpha value is -2.38. The molecule has 7 heteroatoms. The van der Waals surface area contributed by atoms with Gasteiger partial charge in [0.2, 0.25) is 5.91 Å². The molecule has 1 aromatic heterocycles. The van der Waals surface area contributed by atoms with E-state index in [1.165, 1.54) is 11.8 Å². The maximum atomic E-state index is 12.0. The summed E-state index contributed by atoms with van der Waals surface area (Å²) in [6.45, 7) is 0.433. The molecule has 0 atom stereocenters. The average Bonchev–Trinajstić information content (AvgIpc) is 3.09. The summed E-state index contributed by atoms with van der Waals surface area (Å²) in [4.78, 5) is 27.9. The van der Waals surface area contributed by atoms with Crippen molar-refractivity contribution < 1.29 is 14.3 Å². The summed E-state index contributed by atoms with van der Waals surface area (Å²) in [5.74, 6) is 0.719. The molecule has 1 amide bonds. The van der Waals surface area contributed by atoms with Crippen LogP contribution in [0, 0.1) is 0 Å². The van der Waals surface area contributed by atoms with Gasteiger partial charge in [-0.2, -0.15) is 0 Å². The van der Waals surface area contributed by atoms with Gasteiger partial charge in [-0.15, -0.1) is 23.1 Å². The molecule has 2 aromatic carbocycles. The van der Waals surface area contributed by atoms with Gasteiger partial charge in [0.25, 0.3) is 0 Å². The van der Waals surface area contributed by atoms with Gasteiger partial charge in [0.05, 0.1) is 28.6 Å². The largest absolute Gasteiger partial charge is 0.465 e. The van der Waals surface area contributed by atoms with Crippen LogP contribution in [-0.2, 0) is 21.8 Å². The number of hydrogen-bond acceptors (Lipinski definition) is 6. The molecule has 0 saturated heterocycles. The summed E-state index contributed by atoms with van der Waals surface area (Å²) in [5.41, 5.74) is 2.43. The smallest absolute Gasteiger partial charge is 0.337 e. The van der Waals surface area contributed by atoms with Gasteiger partial charge in [-0.25, -0.2) is 9.78 Å². The van der Waals surface area contributed by atoms with Crippen molar-refractivity contribution in [2.24, 2.45) is 0 Å². The number of esters is 1. The van der Waals surface area contributed by atoms with Crippen LogP contribution in [0.25, 0.3) is 10.2 Å². The molecule has 3 rings (SSSR count). The maximum absolute atomic E-state index is 12.0. The molecule has 0 aliphatic rings. The lowest BCUT2D eigenvalue weighted by atomic mass is 10.1. The molecule has 0 saturated carbocycles. The molecule has 0 bridgehead atoms. The highest BCUT2D eigenvalue weighted by atomic mass is 32.2. The predicted octanol–water partition coefficient (Wildman–Crippen LogP) is 3.63. The highest BCUT2D eigenvalue weighted by molar-refractivity contribution is 7.99. The number of para-hydroxylation sites is 1. The highest BCUT2D eigenvalue weighted by Crippen LogP contribution is 2.24. The fourth-order valence-electron chi connectivity index (χ4n) is 2.34. The third-order valence-corrected chi connectivity index (χ3v) is 5.82. The third-order valence-electron chi connectivity index (χ3n) is 3.66. The lowest BCUT2D eigenvalue weighted by Gasteiger charge is -2.06. The molecule has 0 radical (unpaired) electrons. The van der Waals surface area contributed by atoms with Gasteiger partial charge in [0, 0.05) is 12.3 Å². The van der Waals surface area contributed by atoms with Crippen molar-refractivity contribution in [1.29, 1.82) is 0 Å². The van der Waals surface area contributed by atoms with Crippen LogP contribution in [0.2, 0.25) is 0 Å². The van der Waals surface area contributed by atoms with Crippen LogP contribution < -0.4 is 5.32 Å². The number of rotatable bonds is 7. The molecule has 1 N–H and O–H groups in total. The number of amides is 1. The minimum absolute atomic E-state index is 0.0202. The van der Waals surface area contributed by atoms with Crippen molar-refractivity contribution in [1.82, 2.24) is 10.3 Å². The van der Waals surface area contributed by atoms with Gasteiger partial charge in [0.15, 0.2) is 0 Å². The number of thiazole rings is 1. The fraction of sp³-hybridized carbons (Fsp3) is 0.211. The Morgan fingerprint density at radius 1 is 1.15 bits per heavy atom. The Bertz CT molecular complexity index is 874. The summed E-state index contributed by atoms with van der Waals surface area (Å²) < 4.78 is 5.83. The Kier molecular flexibility index (Phi) is 6.25. The standard InChI is InChI=1S/C19H18N2O3S2/c1-24-19(23)14-8-6-13(7-9-14)10-20-17(22)11-25-12-18-21-15-4-2-3-5-16(15)26-18/h2-9H,10-12H2,1H3,(H,20,22). The number of fused-ring (bicyclic) bond motifs is 1. The van der Waals surface area contributed by atoms with Crippen molar-refractivity contribution in [3.8, 4) is 0 Å². The molecule has 5 nitrogen and oxygen atoms in total. The Morgan fingerprint density at radius 2 is 1.92 bits per heavy atom. The summed E-state index contributed by atoms with van der Waals surface area (Å²) in [6.07, 6.45) is 0. The summed E-state index contributed by atoms with van der Waals surface area (Å²) in [7, 11) is 1.35. The van der Waals surface area contributed by atoms with E-state index in [1.54, 1.807) is 47.4 Å². The van der Waals surface area contributed by atoms with Crippen LogP contribution in [0.5, 0.6) is 0 Å². The third kappa shape index (κ3) is 4.83. The first-order valence-corrected chi connectivity index (χ1v) is 9.99. The van der Waals surface area contributed by atoms with Gasteiger partial charge >= 0.3 is 5.97 Å². The SMILES string of the molecule is COC(=O)c1ccc(CNC(=O)CSCc2nc3ccccc3s2)cc1. The number of aromatic nitrogens is 1. The van der Waals surface area contributed by atoms with Crippen molar-refractivity contribution in [2.75, 3.05) is 12.9 Å². The molecular weight excluding hydrogens is 368 g/mol. The molecular formula is C19H18N2O3S2. The molecule has 0 unspecified atom stereocenters. The van der Waals surface area contributed by atoms with E-state index in [2.05, 4.69) is 21.1 Å². The zero-order chi connectivity index (χ0) is 18.4. The Labute approximate surface area is 159 Å². The number of hydrogen-bond donors (Lipinski definition) is 1. The number of ether oxygens (including phenoxy) is 1. The first kappa shape index (κ1) is 18.4. The van der Waals surface area contributed by atoms with Crippen LogP contribution in [0.4, 0.5) is 0 Å². The second kappa shape index (κ2) is 8.82. The summed E-state index contributed by atoms with van der Waals surface area (Å²) >= 11 is 3.21. The Morgan fingerprint density at radius 3 is 2.65 bits per heavy atom. The van der Waals surface area contributed by atoms with E-state index in [-0.39, 0.29) is 11.9 Å². The second-order valence-corrected chi connectivity index (χ2v) is 7.63. The van der Waals surface area contributed by atoms with Crippen molar-refractivity contribution in [3.63, 3.8) is 0 Å². The molecule has 0 aliphatic carbocycles. The van der Waals surface area contributed by atoms with Crippen molar-refractivity contribution >= 4 is 45.2 Å². The molecule has 1 heterocycles. The minimum atomic E-state index is -0.369. The quantitative estimate of drug-likeness (QED) is 0.628. The molecule has 0 fully saturated rings. The first-order valence-electron chi connectivity index (χ1n) is 8.02. The monoisotopic (exact) mass is 386 g/mol. The molecule has 0 aliphatic heterocycles. The van der Waals surface area contributed by atoms with E-state index in [0.717, 1.165) is 21.8 Å². The topological polar surface area (TPSA) is 68.3 Å². The van der Waals surface area contributed by atoms with Gasteiger partial charge in [-0.3, -0.25) is 4.79 Å². The van der Waals surface area contributed by atoms with Crippen LogP contribution in [0.15, 0.2) is 48.5 Å². The number of benzene rings is 2. The van der Waals surface area contributed by atoms with E-state index in [1.807, 2.05) is 18.2 Å². The van der Waals surface area contributed by atoms with Gasteiger partial charge in [0.1, 0.15) is 5.01 Å². The maximum Gasteiger partial charge on any atom is 0.337 e. The number of methoxy groups -OCH3 is 1. The number of nitrogens with one attached hydrogen (secondary N) is 1. The number of carbonyl (C=O) groups is 2.